The number of aromatic nitrogens is 4. The first-order valence-corrected chi connectivity index (χ1v) is 14.2. The molecule has 8 nitrogen and oxygen atoms in total. The van der Waals surface area contributed by atoms with Crippen LogP contribution < -0.4 is 5.32 Å². The number of amides is 1. The molecule has 0 spiro atoms. The average molecular weight is 521 g/mol. The van der Waals surface area contributed by atoms with Crippen molar-refractivity contribution in [3.05, 3.63) is 39.7 Å². The van der Waals surface area contributed by atoms with Crippen LogP contribution in [0.2, 0.25) is 0 Å². The highest BCUT2D eigenvalue weighted by atomic mass is 32.1. The highest BCUT2D eigenvalue weighted by Gasteiger charge is 2.32. The van der Waals surface area contributed by atoms with Gasteiger partial charge in [-0.3, -0.25) is 4.79 Å². The molecule has 2 fully saturated rings. The molecule has 1 amide bonds. The lowest BCUT2D eigenvalue weighted by Crippen LogP contribution is -2.53. The highest BCUT2D eigenvalue weighted by Crippen LogP contribution is 2.46. The number of pyridine rings is 1. The van der Waals surface area contributed by atoms with E-state index in [0.29, 0.717) is 25.0 Å². The van der Waals surface area contributed by atoms with Gasteiger partial charge in [0, 0.05) is 41.7 Å². The number of fused-ring (bicyclic) bond motifs is 2. The third kappa shape index (κ3) is 4.08. The van der Waals surface area contributed by atoms with E-state index in [9.17, 15) is 4.79 Å². The van der Waals surface area contributed by atoms with Crippen molar-refractivity contribution in [2.24, 2.45) is 0 Å². The number of carbonyl (C=O) groups is 1. The summed E-state index contributed by atoms with van der Waals surface area (Å²) in [6.07, 6.45) is 5.75. The van der Waals surface area contributed by atoms with E-state index in [4.69, 9.17) is 4.74 Å². The number of likely N-dealkylation sites (tertiary alicyclic amines) is 1. The first-order chi connectivity index (χ1) is 17.8. The molecule has 2 N–H and O–H groups in total. The molecule has 0 unspecified atom stereocenters. The predicted octanol–water partition coefficient (Wildman–Crippen LogP) is 4.68. The number of nitrogens with zero attached hydrogens (tertiary/aromatic N) is 4. The van der Waals surface area contributed by atoms with Crippen molar-refractivity contribution in [1.29, 1.82) is 0 Å². The average Bonchev–Trinajstić information content (AvgIpc) is 3.61. The Labute approximate surface area is 221 Å². The van der Waals surface area contributed by atoms with Crippen LogP contribution in [0.3, 0.4) is 0 Å². The Morgan fingerprint density at radius 2 is 1.95 bits per heavy atom. The largest absolute Gasteiger partial charge is 0.378 e. The molecule has 9 heteroatoms. The molecule has 0 radical (unpaired) electrons. The minimum atomic E-state index is -0.192. The van der Waals surface area contributed by atoms with Crippen LogP contribution in [0.15, 0.2) is 12.5 Å². The number of morpholine rings is 1. The summed E-state index contributed by atoms with van der Waals surface area (Å²) in [5.41, 5.74) is 8.49. The quantitative estimate of drug-likeness (QED) is 0.408. The van der Waals surface area contributed by atoms with Gasteiger partial charge in [0.25, 0.3) is 0 Å². The zero-order chi connectivity index (χ0) is 25.8. The van der Waals surface area contributed by atoms with E-state index in [1.165, 1.54) is 43.0 Å². The third-order valence-electron chi connectivity index (χ3n) is 8.33. The van der Waals surface area contributed by atoms with Crippen LogP contribution >= 0.6 is 11.3 Å². The van der Waals surface area contributed by atoms with Crippen LogP contribution in [-0.4, -0.2) is 69.3 Å². The Kier molecular flexibility index (Phi) is 6.33. The second-order valence-corrected chi connectivity index (χ2v) is 11.9. The highest BCUT2D eigenvalue weighted by molar-refractivity contribution is 7.19. The van der Waals surface area contributed by atoms with E-state index >= 15 is 0 Å². The zero-order valence-electron chi connectivity index (χ0n) is 22.4. The molecule has 2 aliphatic rings. The van der Waals surface area contributed by atoms with Crippen LogP contribution in [0.25, 0.3) is 27.1 Å². The summed E-state index contributed by atoms with van der Waals surface area (Å²) in [4.78, 5) is 26.0. The van der Waals surface area contributed by atoms with Gasteiger partial charge in [-0.25, -0.2) is 9.50 Å². The minimum Gasteiger partial charge on any atom is -0.378 e. The first-order valence-electron chi connectivity index (χ1n) is 13.4. The summed E-state index contributed by atoms with van der Waals surface area (Å²) in [6.45, 7) is 14.7. The third-order valence-corrected chi connectivity index (χ3v) is 9.70. The van der Waals surface area contributed by atoms with Crippen molar-refractivity contribution in [2.75, 3.05) is 32.8 Å². The smallest absolute Gasteiger partial charge is 0.242 e. The van der Waals surface area contributed by atoms with E-state index in [0.717, 1.165) is 43.7 Å². The van der Waals surface area contributed by atoms with Crippen LogP contribution in [0, 0.1) is 20.8 Å². The minimum absolute atomic E-state index is 0.190. The number of hydrogen-bond acceptors (Lipinski definition) is 6. The van der Waals surface area contributed by atoms with Gasteiger partial charge >= 0.3 is 0 Å². The number of aromatic amines is 1. The number of hydrogen-bond donors (Lipinski definition) is 2. The molecule has 0 aliphatic carbocycles. The summed E-state index contributed by atoms with van der Waals surface area (Å²) in [7, 11) is 0. The summed E-state index contributed by atoms with van der Waals surface area (Å²) in [5.74, 6) is 1.06. The monoisotopic (exact) mass is 520 g/mol. The van der Waals surface area contributed by atoms with Crippen LogP contribution in [0.1, 0.15) is 65.7 Å². The molecular formula is C28H36N6O2S. The number of rotatable bonds is 4. The van der Waals surface area contributed by atoms with Gasteiger partial charge in [-0.15, -0.1) is 11.3 Å². The van der Waals surface area contributed by atoms with Gasteiger partial charge < -0.3 is 19.9 Å². The van der Waals surface area contributed by atoms with Crippen LogP contribution in [0.4, 0.5) is 0 Å². The normalized spacial score (nSPS) is 19.5. The fourth-order valence-electron chi connectivity index (χ4n) is 6.19. The SMILES string of the molecule is Cc1c(-c2[nH]c3sc(C4CCN(C(=O)[C@H]5COCCN5)CC4)c(C)c3c2C(C)C)cn2ncnc2c1C. The number of thiophene rings is 1. The molecule has 6 rings (SSSR count). The van der Waals surface area contributed by atoms with E-state index in [2.05, 4.69) is 61.2 Å². The fourth-order valence-corrected chi connectivity index (χ4v) is 7.58. The number of ether oxygens (including phenoxy) is 1. The summed E-state index contributed by atoms with van der Waals surface area (Å²) < 4.78 is 7.40. The molecule has 6 heterocycles. The van der Waals surface area contributed by atoms with Crippen molar-refractivity contribution >= 4 is 33.1 Å². The maximum Gasteiger partial charge on any atom is 0.242 e. The van der Waals surface area contributed by atoms with E-state index < -0.39 is 0 Å². The van der Waals surface area contributed by atoms with Gasteiger partial charge in [0.05, 0.1) is 18.9 Å². The van der Waals surface area contributed by atoms with Crippen molar-refractivity contribution in [2.45, 2.75) is 65.3 Å². The molecule has 1 atom stereocenters. The second kappa shape index (κ2) is 9.53. The van der Waals surface area contributed by atoms with Crippen molar-refractivity contribution in [3.8, 4) is 11.3 Å². The molecular weight excluding hydrogens is 484 g/mol. The zero-order valence-corrected chi connectivity index (χ0v) is 23.2. The topological polar surface area (TPSA) is 87.5 Å². The van der Waals surface area contributed by atoms with Gasteiger partial charge in [0.1, 0.15) is 17.2 Å². The van der Waals surface area contributed by atoms with Crippen molar-refractivity contribution in [1.82, 2.24) is 29.8 Å². The molecule has 2 saturated heterocycles. The number of nitrogens with one attached hydrogen (secondary N) is 2. The van der Waals surface area contributed by atoms with Crippen molar-refractivity contribution < 1.29 is 9.53 Å². The fraction of sp³-hybridized carbons (Fsp3) is 0.536. The first kappa shape index (κ1) is 24.6. The second-order valence-electron chi connectivity index (χ2n) is 10.9. The maximum atomic E-state index is 12.9. The van der Waals surface area contributed by atoms with E-state index in [1.807, 2.05) is 20.8 Å². The van der Waals surface area contributed by atoms with Gasteiger partial charge in [-0.05, 0) is 67.7 Å². The molecule has 0 saturated carbocycles. The lowest BCUT2D eigenvalue weighted by Gasteiger charge is -2.35. The standard InChI is InChI=1S/C28H36N6O2S/c1-15(2)22-23-18(5)25(19-6-9-33(10-7-19)28(35)21-13-36-11-8-29-21)37-27(23)32-24(22)20-12-34-26(30-14-31-34)17(4)16(20)3/h12,14-15,19,21,29,32H,6-11,13H2,1-5H3/t21-/m1/s1. The molecule has 2 aliphatic heterocycles. The lowest BCUT2D eigenvalue weighted by molar-refractivity contribution is -0.137. The number of piperidine rings is 1. The van der Waals surface area contributed by atoms with Gasteiger partial charge in [0.15, 0.2) is 5.65 Å². The Morgan fingerprint density at radius 1 is 1.16 bits per heavy atom. The number of aryl methyl sites for hydroxylation is 2. The summed E-state index contributed by atoms with van der Waals surface area (Å²) >= 11 is 1.90. The predicted molar refractivity (Wildman–Crippen MR) is 148 cm³/mol. The van der Waals surface area contributed by atoms with Gasteiger partial charge in [-0.1, -0.05) is 13.8 Å². The Balaban J connectivity index is 1.31. The molecule has 4 aromatic heterocycles. The van der Waals surface area contributed by atoms with Crippen molar-refractivity contribution in [3.63, 3.8) is 0 Å². The molecule has 37 heavy (non-hydrogen) atoms. The summed E-state index contributed by atoms with van der Waals surface area (Å²) in [5, 5.41) is 9.10. The molecule has 0 aromatic carbocycles. The van der Waals surface area contributed by atoms with E-state index in [1.54, 1.807) is 6.33 Å². The lowest BCUT2D eigenvalue weighted by atomic mass is 9.89. The van der Waals surface area contributed by atoms with Crippen LogP contribution in [0.5, 0.6) is 0 Å². The number of carbonyl (C=O) groups excluding carboxylic acids is 1. The molecule has 4 aromatic rings. The van der Waals surface area contributed by atoms with E-state index in [-0.39, 0.29) is 11.9 Å². The Hall–Kier alpha value is -2.75. The molecule has 0 bridgehead atoms. The molecule has 196 valence electrons. The maximum absolute atomic E-state index is 12.9. The van der Waals surface area contributed by atoms with Crippen LogP contribution in [-0.2, 0) is 9.53 Å². The Morgan fingerprint density at radius 3 is 2.65 bits per heavy atom. The van der Waals surface area contributed by atoms with Gasteiger partial charge in [-0.2, -0.15) is 5.10 Å². The van der Waals surface area contributed by atoms with Gasteiger partial charge in [0.2, 0.25) is 5.91 Å². The Bertz CT molecular complexity index is 1470. The summed E-state index contributed by atoms with van der Waals surface area (Å²) in [6, 6.07) is -0.192. The number of H-pyrrole nitrogens is 1.